The van der Waals surface area contributed by atoms with Crippen molar-refractivity contribution in [1.82, 2.24) is 19.6 Å². The third-order valence-electron chi connectivity index (χ3n) is 5.37. The number of carbonyl (C=O) groups excluding carboxylic acids is 1. The molecule has 1 aliphatic heterocycles. The van der Waals surface area contributed by atoms with E-state index >= 15 is 0 Å². The SMILES string of the molecule is O=C(Nc1cccc(N2CCCOC2)n1)c1cnc2ccc(-c3ccccc3C(F)(F)F)nn12. The summed E-state index contributed by atoms with van der Waals surface area (Å²) >= 11 is 0. The van der Waals surface area contributed by atoms with Gasteiger partial charge in [-0.1, -0.05) is 24.3 Å². The number of fused-ring (bicyclic) bond motifs is 1. The van der Waals surface area contributed by atoms with E-state index in [1.807, 2.05) is 11.0 Å². The van der Waals surface area contributed by atoms with E-state index in [4.69, 9.17) is 4.74 Å². The van der Waals surface area contributed by atoms with Gasteiger partial charge in [0, 0.05) is 12.1 Å². The summed E-state index contributed by atoms with van der Waals surface area (Å²) in [6.45, 7) is 1.91. The molecule has 4 aromatic rings. The molecule has 0 saturated carbocycles. The molecule has 1 fully saturated rings. The summed E-state index contributed by atoms with van der Waals surface area (Å²) < 4.78 is 47.1. The molecule has 3 aromatic heterocycles. The molecular weight excluding hydrogens is 449 g/mol. The lowest BCUT2D eigenvalue weighted by Gasteiger charge is -2.27. The number of amides is 1. The van der Waals surface area contributed by atoms with Crippen LogP contribution < -0.4 is 10.2 Å². The molecule has 1 aliphatic rings. The minimum atomic E-state index is -4.54. The van der Waals surface area contributed by atoms with Crippen molar-refractivity contribution in [3.8, 4) is 11.3 Å². The zero-order valence-corrected chi connectivity index (χ0v) is 17.8. The summed E-state index contributed by atoms with van der Waals surface area (Å²) in [5.74, 6) is 0.446. The molecule has 8 nitrogen and oxygen atoms in total. The molecule has 0 aliphatic carbocycles. The van der Waals surface area contributed by atoms with Crippen molar-refractivity contribution in [3.05, 3.63) is 72.1 Å². The molecule has 1 N–H and O–H groups in total. The van der Waals surface area contributed by atoms with Crippen molar-refractivity contribution in [2.24, 2.45) is 0 Å². The van der Waals surface area contributed by atoms with Gasteiger partial charge in [-0.05, 0) is 36.8 Å². The second kappa shape index (κ2) is 8.75. The molecule has 0 unspecified atom stereocenters. The highest BCUT2D eigenvalue weighted by Gasteiger charge is 2.33. The Morgan fingerprint density at radius 2 is 1.91 bits per heavy atom. The lowest BCUT2D eigenvalue weighted by atomic mass is 10.0. The van der Waals surface area contributed by atoms with Crippen molar-refractivity contribution >= 4 is 23.2 Å². The van der Waals surface area contributed by atoms with Crippen molar-refractivity contribution in [1.29, 1.82) is 0 Å². The topological polar surface area (TPSA) is 84.7 Å². The number of carbonyl (C=O) groups is 1. The smallest absolute Gasteiger partial charge is 0.361 e. The molecular formula is C23H19F3N6O2. The van der Waals surface area contributed by atoms with E-state index in [1.54, 1.807) is 12.1 Å². The van der Waals surface area contributed by atoms with Crippen molar-refractivity contribution in [2.45, 2.75) is 12.6 Å². The predicted octanol–water partition coefficient (Wildman–Crippen LogP) is 4.25. The third-order valence-corrected chi connectivity index (χ3v) is 5.37. The zero-order valence-electron chi connectivity index (χ0n) is 17.8. The molecule has 1 aromatic carbocycles. The van der Waals surface area contributed by atoms with E-state index < -0.39 is 17.6 Å². The standard InChI is InChI=1S/C23H19F3N6O2/c24-23(25,26)16-6-2-1-5-15(16)17-9-10-20-27-13-18(32(20)30-17)22(33)29-19-7-3-8-21(28-19)31-11-4-12-34-14-31/h1-3,5-10,13H,4,11-12,14H2,(H,28,29,33). The fourth-order valence-corrected chi connectivity index (χ4v) is 3.75. The van der Waals surface area contributed by atoms with Gasteiger partial charge in [-0.15, -0.1) is 0 Å². The van der Waals surface area contributed by atoms with E-state index in [1.165, 1.54) is 41.0 Å². The second-order valence-electron chi connectivity index (χ2n) is 7.66. The van der Waals surface area contributed by atoms with Crippen LogP contribution in [0.4, 0.5) is 24.8 Å². The minimum absolute atomic E-state index is 0.0647. The molecule has 34 heavy (non-hydrogen) atoms. The van der Waals surface area contributed by atoms with Gasteiger partial charge in [0.15, 0.2) is 11.3 Å². The number of nitrogens with one attached hydrogen (secondary N) is 1. The Kier molecular flexibility index (Phi) is 5.62. The van der Waals surface area contributed by atoms with Gasteiger partial charge in [-0.2, -0.15) is 18.3 Å². The molecule has 11 heteroatoms. The quantitative estimate of drug-likeness (QED) is 0.482. The average Bonchev–Trinajstić information content (AvgIpc) is 3.28. The van der Waals surface area contributed by atoms with Crippen LogP contribution in [0.2, 0.25) is 0 Å². The summed E-state index contributed by atoms with van der Waals surface area (Å²) in [5, 5.41) is 6.99. The number of ether oxygens (including phenoxy) is 1. The number of aromatic nitrogens is 4. The van der Waals surface area contributed by atoms with Gasteiger partial charge in [0.2, 0.25) is 0 Å². The molecule has 1 amide bonds. The molecule has 5 rings (SSSR count). The van der Waals surface area contributed by atoms with Gasteiger partial charge >= 0.3 is 6.18 Å². The summed E-state index contributed by atoms with van der Waals surface area (Å²) in [6.07, 6.45) is -2.34. The van der Waals surface area contributed by atoms with Crippen LogP contribution in [0.15, 0.2) is 60.8 Å². The first-order valence-corrected chi connectivity index (χ1v) is 10.5. The van der Waals surface area contributed by atoms with Crippen LogP contribution in [0, 0.1) is 0 Å². The van der Waals surface area contributed by atoms with Gasteiger partial charge in [0.25, 0.3) is 5.91 Å². The van der Waals surface area contributed by atoms with Gasteiger partial charge in [0.05, 0.1) is 24.1 Å². The number of rotatable bonds is 4. The van der Waals surface area contributed by atoms with Gasteiger partial charge in [-0.25, -0.2) is 14.5 Å². The summed E-state index contributed by atoms with van der Waals surface area (Å²) in [6, 6.07) is 13.4. The number of alkyl halides is 3. The van der Waals surface area contributed by atoms with E-state index in [2.05, 4.69) is 20.4 Å². The highest BCUT2D eigenvalue weighted by molar-refractivity contribution is 6.03. The van der Waals surface area contributed by atoms with Crippen LogP contribution in [0.5, 0.6) is 0 Å². The Morgan fingerprint density at radius 1 is 1.06 bits per heavy atom. The van der Waals surface area contributed by atoms with Crippen LogP contribution in [0.25, 0.3) is 16.9 Å². The van der Waals surface area contributed by atoms with Gasteiger partial charge < -0.3 is 15.0 Å². The summed E-state index contributed by atoms with van der Waals surface area (Å²) in [7, 11) is 0. The fourth-order valence-electron chi connectivity index (χ4n) is 3.75. The number of benzene rings is 1. The summed E-state index contributed by atoms with van der Waals surface area (Å²) in [5.41, 5.74) is -0.441. The number of pyridine rings is 1. The first-order valence-electron chi connectivity index (χ1n) is 10.5. The normalized spacial score (nSPS) is 14.4. The first-order chi connectivity index (χ1) is 16.4. The average molecular weight is 468 g/mol. The largest absolute Gasteiger partial charge is 0.417 e. The van der Waals surface area contributed by atoms with Crippen LogP contribution in [0.1, 0.15) is 22.5 Å². The Morgan fingerprint density at radius 3 is 2.71 bits per heavy atom. The molecule has 174 valence electrons. The lowest BCUT2D eigenvalue weighted by Crippen LogP contribution is -2.33. The van der Waals surface area contributed by atoms with Crippen LogP contribution in [-0.4, -0.2) is 45.4 Å². The second-order valence-corrected chi connectivity index (χ2v) is 7.66. The van der Waals surface area contributed by atoms with Crippen LogP contribution >= 0.6 is 0 Å². The van der Waals surface area contributed by atoms with E-state index in [-0.39, 0.29) is 17.0 Å². The number of hydrogen-bond donors (Lipinski definition) is 1. The Labute approximate surface area is 192 Å². The Hall–Kier alpha value is -3.99. The van der Waals surface area contributed by atoms with Crippen molar-refractivity contribution < 1.29 is 22.7 Å². The zero-order chi connectivity index (χ0) is 23.7. The maximum Gasteiger partial charge on any atom is 0.417 e. The number of hydrogen-bond acceptors (Lipinski definition) is 6. The first kappa shape index (κ1) is 21.8. The fraction of sp³-hybridized carbons (Fsp3) is 0.217. The van der Waals surface area contributed by atoms with Gasteiger partial charge in [-0.3, -0.25) is 4.79 Å². The highest BCUT2D eigenvalue weighted by atomic mass is 19.4. The molecule has 0 bridgehead atoms. The molecule has 0 spiro atoms. The number of nitrogens with zero attached hydrogens (tertiary/aromatic N) is 5. The highest BCUT2D eigenvalue weighted by Crippen LogP contribution is 2.36. The van der Waals surface area contributed by atoms with E-state index in [9.17, 15) is 18.0 Å². The van der Waals surface area contributed by atoms with Crippen LogP contribution in [-0.2, 0) is 10.9 Å². The van der Waals surface area contributed by atoms with Crippen LogP contribution in [0.3, 0.4) is 0 Å². The monoisotopic (exact) mass is 468 g/mol. The molecule has 1 saturated heterocycles. The third kappa shape index (κ3) is 4.29. The maximum atomic E-state index is 13.5. The van der Waals surface area contributed by atoms with Crippen molar-refractivity contribution in [2.75, 3.05) is 30.1 Å². The summed E-state index contributed by atoms with van der Waals surface area (Å²) in [4.78, 5) is 23.6. The number of anilines is 2. The molecule has 4 heterocycles. The minimum Gasteiger partial charge on any atom is -0.361 e. The number of imidazole rings is 1. The molecule has 0 radical (unpaired) electrons. The van der Waals surface area contributed by atoms with E-state index in [0.29, 0.717) is 30.6 Å². The number of halogens is 3. The van der Waals surface area contributed by atoms with Crippen molar-refractivity contribution in [3.63, 3.8) is 0 Å². The Balaban J connectivity index is 1.45. The Bertz CT molecular complexity index is 1350. The lowest BCUT2D eigenvalue weighted by molar-refractivity contribution is -0.137. The predicted molar refractivity (Wildman–Crippen MR) is 118 cm³/mol. The molecule has 0 atom stereocenters. The van der Waals surface area contributed by atoms with E-state index in [0.717, 1.165) is 19.0 Å². The van der Waals surface area contributed by atoms with Gasteiger partial charge in [0.1, 0.15) is 18.4 Å². The maximum absolute atomic E-state index is 13.5.